The Bertz CT molecular complexity index is 723. The minimum absolute atomic E-state index is 0.215. The second-order valence-electron chi connectivity index (χ2n) is 5.41. The van der Waals surface area contributed by atoms with E-state index in [1.165, 1.54) is 0 Å². The van der Waals surface area contributed by atoms with E-state index in [4.69, 9.17) is 13.8 Å². The summed E-state index contributed by atoms with van der Waals surface area (Å²) in [4.78, 5) is 4.40. The van der Waals surface area contributed by atoms with E-state index in [2.05, 4.69) is 4.98 Å². The highest BCUT2D eigenvalue weighted by molar-refractivity contribution is 7.53. The Kier molecular flexibility index (Phi) is 6.55. The van der Waals surface area contributed by atoms with Gasteiger partial charge in [0.05, 0.1) is 19.4 Å². The molecule has 0 unspecified atom stereocenters. The Morgan fingerprint density at radius 3 is 2.38 bits per heavy atom. The minimum Gasteiger partial charge on any atom is -0.439 e. The molecule has 1 aromatic carbocycles. The Morgan fingerprint density at radius 1 is 1.04 bits per heavy atom. The number of pyridine rings is 1. The van der Waals surface area contributed by atoms with Gasteiger partial charge in [-0.05, 0) is 51.0 Å². The third-order valence-electron chi connectivity index (χ3n) is 3.47. The Balaban J connectivity index is 2.16. The molecule has 1 heterocycles. The van der Waals surface area contributed by atoms with Gasteiger partial charge in [0.25, 0.3) is 0 Å². The molecular formula is C18H24NO4P. The highest BCUT2D eigenvalue weighted by atomic mass is 31.2. The molecule has 0 atom stereocenters. The topological polar surface area (TPSA) is 57.7 Å². The van der Waals surface area contributed by atoms with E-state index in [0.717, 1.165) is 16.8 Å². The van der Waals surface area contributed by atoms with Crippen LogP contribution in [0.4, 0.5) is 0 Å². The maximum Gasteiger partial charge on any atom is 0.335 e. The molecule has 0 saturated carbocycles. The van der Waals surface area contributed by atoms with Crippen molar-refractivity contribution in [3.05, 3.63) is 53.2 Å². The summed E-state index contributed by atoms with van der Waals surface area (Å²) >= 11 is 0. The predicted octanol–water partition coefficient (Wildman–Crippen LogP) is 5.26. The first-order chi connectivity index (χ1) is 11.5. The SMILES string of the molecule is CCOP(=O)(Cc1cccc(Oc2ccc(C)c(C)n2)c1)OCC. The van der Waals surface area contributed by atoms with Crippen LogP contribution in [-0.4, -0.2) is 18.2 Å². The van der Waals surface area contributed by atoms with E-state index >= 15 is 0 Å². The van der Waals surface area contributed by atoms with Crippen LogP contribution < -0.4 is 4.74 Å². The molecule has 130 valence electrons. The molecule has 24 heavy (non-hydrogen) atoms. The summed E-state index contributed by atoms with van der Waals surface area (Å²) in [5.74, 6) is 1.18. The number of hydrogen-bond acceptors (Lipinski definition) is 5. The van der Waals surface area contributed by atoms with Gasteiger partial charge in [-0.3, -0.25) is 4.57 Å². The fourth-order valence-electron chi connectivity index (χ4n) is 2.24. The fraction of sp³-hybridized carbons (Fsp3) is 0.389. The summed E-state index contributed by atoms with van der Waals surface area (Å²) in [5.41, 5.74) is 2.88. The van der Waals surface area contributed by atoms with Gasteiger partial charge >= 0.3 is 7.60 Å². The van der Waals surface area contributed by atoms with Crippen molar-refractivity contribution < 1.29 is 18.3 Å². The molecule has 0 amide bonds. The van der Waals surface area contributed by atoms with Gasteiger partial charge in [-0.25, -0.2) is 4.98 Å². The molecule has 2 aromatic rings. The molecule has 0 radical (unpaired) electrons. The lowest BCUT2D eigenvalue weighted by Gasteiger charge is -2.17. The summed E-state index contributed by atoms with van der Waals surface area (Å²) in [6.45, 7) is 8.25. The number of aryl methyl sites for hydroxylation is 2. The first-order valence-electron chi connectivity index (χ1n) is 8.05. The molecule has 6 heteroatoms. The van der Waals surface area contributed by atoms with Crippen molar-refractivity contribution in [1.82, 2.24) is 4.98 Å². The van der Waals surface area contributed by atoms with Crippen LogP contribution in [0.25, 0.3) is 0 Å². The zero-order valence-electron chi connectivity index (χ0n) is 14.6. The maximum absolute atomic E-state index is 12.6. The lowest BCUT2D eigenvalue weighted by Crippen LogP contribution is -1.99. The monoisotopic (exact) mass is 349 g/mol. The normalized spacial score (nSPS) is 11.5. The molecule has 1 aromatic heterocycles. The van der Waals surface area contributed by atoms with Crippen LogP contribution in [-0.2, 0) is 19.8 Å². The predicted molar refractivity (Wildman–Crippen MR) is 94.8 cm³/mol. The Hall–Kier alpha value is -1.68. The van der Waals surface area contributed by atoms with E-state index in [0.29, 0.717) is 24.8 Å². The van der Waals surface area contributed by atoms with Crippen LogP contribution in [0.1, 0.15) is 30.7 Å². The summed E-state index contributed by atoms with van der Waals surface area (Å²) < 4.78 is 29.1. The lowest BCUT2D eigenvalue weighted by molar-refractivity contribution is 0.219. The van der Waals surface area contributed by atoms with Gasteiger partial charge < -0.3 is 13.8 Å². The second-order valence-corrected chi connectivity index (χ2v) is 7.46. The van der Waals surface area contributed by atoms with Crippen LogP contribution in [0.15, 0.2) is 36.4 Å². The molecule has 0 aliphatic heterocycles. The Labute approximate surface area is 143 Å². The molecule has 0 aliphatic rings. The minimum atomic E-state index is -3.13. The molecule has 0 fully saturated rings. The number of ether oxygens (including phenoxy) is 1. The number of benzene rings is 1. The molecular weight excluding hydrogens is 325 g/mol. The fourth-order valence-corrected chi connectivity index (χ4v) is 3.93. The van der Waals surface area contributed by atoms with Crippen LogP contribution in [0.2, 0.25) is 0 Å². The largest absolute Gasteiger partial charge is 0.439 e. The quantitative estimate of drug-likeness (QED) is 0.609. The van der Waals surface area contributed by atoms with Crippen molar-refractivity contribution in [2.24, 2.45) is 0 Å². The van der Waals surface area contributed by atoms with Crippen molar-refractivity contribution in [2.75, 3.05) is 13.2 Å². The van der Waals surface area contributed by atoms with Gasteiger partial charge in [-0.2, -0.15) is 0 Å². The van der Waals surface area contributed by atoms with E-state index in [1.807, 2.05) is 50.2 Å². The van der Waals surface area contributed by atoms with E-state index < -0.39 is 7.60 Å². The highest BCUT2D eigenvalue weighted by Gasteiger charge is 2.24. The average molecular weight is 349 g/mol. The van der Waals surface area contributed by atoms with Gasteiger partial charge in [0.1, 0.15) is 5.75 Å². The van der Waals surface area contributed by atoms with Gasteiger partial charge in [-0.15, -0.1) is 0 Å². The average Bonchev–Trinajstić information content (AvgIpc) is 2.51. The van der Waals surface area contributed by atoms with Crippen molar-refractivity contribution in [3.63, 3.8) is 0 Å². The summed E-state index contributed by atoms with van der Waals surface area (Å²) in [6, 6.07) is 11.2. The zero-order chi connectivity index (χ0) is 17.6. The molecule has 0 N–H and O–H groups in total. The zero-order valence-corrected chi connectivity index (χ0v) is 15.5. The molecule has 0 bridgehead atoms. The van der Waals surface area contributed by atoms with Gasteiger partial charge in [0.2, 0.25) is 5.88 Å². The third kappa shape index (κ3) is 5.17. The molecule has 0 spiro atoms. The van der Waals surface area contributed by atoms with Gasteiger partial charge in [0.15, 0.2) is 0 Å². The third-order valence-corrected chi connectivity index (χ3v) is 5.53. The van der Waals surface area contributed by atoms with Crippen LogP contribution in [0, 0.1) is 13.8 Å². The van der Waals surface area contributed by atoms with Crippen molar-refractivity contribution in [2.45, 2.75) is 33.9 Å². The summed E-state index contributed by atoms with van der Waals surface area (Å²) in [7, 11) is -3.13. The first-order valence-corrected chi connectivity index (χ1v) is 9.77. The second kappa shape index (κ2) is 8.43. The number of aromatic nitrogens is 1. The molecule has 0 aliphatic carbocycles. The first kappa shape index (κ1) is 18.7. The van der Waals surface area contributed by atoms with Crippen molar-refractivity contribution in [3.8, 4) is 11.6 Å². The van der Waals surface area contributed by atoms with Crippen LogP contribution in [0.5, 0.6) is 11.6 Å². The Morgan fingerprint density at radius 2 is 1.75 bits per heavy atom. The summed E-state index contributed by atoms with van der Waals surface area (Å²) in [5, 5.41) is 0. The smallest absolute Gasteiger partial charge is 0.335 e. The molecule has 0 saturated heterocycles. The number of rotatable bonds is 8. The standard InChI is InChI=1S/C18H24NO4P/c1-5-21-24(20,22-6-2)13-16-8-7-9-17(12-16)23-18-11-10-14(3)15(4)19-18/h7-12H,5-6,13H2,1-4H3. The lowest BCUT2D eigenvalue weighted by atomic mass is 10.2. The van der Waals surface area contributed by atoms with Crippen molar-refractivity contribution >= 4 is 7.60 Å². The van der Waals surface area contributed by atoms with E-state index in [1.54, 1.807) is 13.8 Å². The number of nitrogens with zero attached hydrogens (tertiary/aromatic N) is 1. The maximum atomic E-state index is 12.6. The van der Waals surface area contributed by atoms with Crippen LogP contribution >= 0.6 is 7.60 Å². The summed E-state index contributed by atoms with van der Waals surface area (Å²) in [6.07, 6.45) is 0.215. The van der Waals surface area contributed by atoms with Gasteiger partial charge in [-0.1, -0.05) is 18.2 Å². The van der Waals surface area contributed by atoms with Crippen molar-refractivity contribution in [1.29, 1.82) is 0 Å². The van der Waals surface area contributed by atoms with Gasteiger partial charge in [0, 0.05) is 11.8 Å². The van der Waals surface area contributed by atoms with E-state index in [9.17, 15) is 4.57 Å². The van der Waals surface area contributed by atoms with Crippen LogP contribution in [0.3, 0.4) is 0 Å². The number of hydrogen-bond donors (Lipinski definition) is 0. The highest BCUT2D eigenvalue weighted by Crippen LogP contribution is 2.51. The molecule has 2 rings (SSSR count). The van der Waals surface area contributed by atoms with E-state index in [-0.39, 0.29) is 6.16 Å². The molecule has 5 nitrogen and oxygen atoms in total.